The Hall–Kier alpha value is -5.68. The molecule has 11 nitrogen and oxygen atoms in total. The van der Waals surface area contributed by atoms with Crippen LogP contribution in [0.1, 0.15) is 26.4 Å². The first-order valence-electron chi connectivity index (χ1n) is 12.7. The predicted octanol–water partition coefficient (Wildman–Crippen LogP) is 6.40. The summed E-state index contributed by atoms with van der Waals surface area (Å²) in [5.41, 5.74) is 4.69. The molecule has 12 heteroatoms. The van der Waals surface area contributed by atoms with E-state index in [9.17, 15) is 19.7 Å². The molecule has 0 spiro atoms. The number of rotatable bonds is 9. The number of aromatic amines is 1. The summed E-state index contributed by atoms with van der Waals surface area (Å²) >= 11 is 6.55. The van der Waals surface area contributed by atoms with E-state index < -0.39 is 16.8 Å². The molecule has 0 bridgehead atoms. The van der Waals surface area contributed by atoms with Crippen molar-refractivity contribution >= 4 is 46.3 Å². The number of nitrogens with zero attached hydrogens (tertiary/aromatic N) is 2. The second-order valence-electron chi connectivity index (χ2n) is 9.01. The van der Waals surface area contributed by atoms with Crippen LogP contribution in [-0.4, -0.2) is 42.2 Å². The number of hydrogen-bond donors (Lipinski definition) is 2. The van der Waals surface area contributed by atoms with Crippen molar-refractivity contribution in [1.82, 2.24) is 10.4 Å². The van der Waals surface area contributed by atoms with E-state index >= 15 is 0 Å². The number of methoxy groups -OCH3 is 2. The van der Waals surface area contributed by atoms with Gasteiger partial charge in [-0.25, -0.2) is 10.2 Å². The molecule has 0 atom stereocenters. The highest BCUT2D eigenvalue weighted by Gasteiger charge is 2.25. The van der Waals surface area contributed by atoms with Gasteiger partial charge in [0.25, 0.3) is 11.6 Å². The van der Waals surface area contributed by atoms with Crippen molar-refractivity contribution in [2.24, 2.45) is 5.10 Å². The van der Waals surface area contributed by atoms with E-state index in [1.54, 1.807) is 60.7 Å². The van der Waals surface area contributed by atoms with Crippen molar-refractivity contribution in [1.29, 1.82) is 0 Å². The molecular formula is C31H23ClN4O7. The molecule has 4 aromatic carbocycles. The lowest BCUT2D eigenvalue weighted by molar-refractivity contribution is -0.384. The van der Waals surface area contributed by atoms with E-state index in [1.165, 1.54) is 44.7 Å². The van der Waals surface area contributed by atoms with Crippen LogP contribution in [0.3, 0.4) is 0 Å². The van der Waals surface area contributed by atoms with Gasteiger partial charge in [0.1, 0.15) is 22.9 Å². The molecule has 1 amide bonds. The van der Waals surface area contributed by atoms with E-state index in [4.69, 9.17) is 25.8 Å². The zero-order valence-electron chi connectivity index (χ0n) is 22.8. The molecule has 0 saturated carbocycles. The van der Waals surface area contributed by atoms with Gasteiger partial charge in [0, 0.05) is 33.8 Å². The lowest BCUT2D eigenvalue weighted by Gasteiger charge is -2.10. The minimum atomic E-state index is -0.717. The number of nitro groups is 1. The van der Waals surface area contributed by atoms with Gasteiger partial charge in [0.2, 0.25) is 0 Å². The largest absolute Gasteiger partial charge is 0.496 e. The van der Waals surface area contributed by atoms with Crippen molar-refractivity contribution in [3.8, 4) is 28.4 Å². The van der Waals surface area contributed by atoms with E-state index in [0.717, 1.165) is 0 Å². The molecule has 1 aromatic heterocycles. The molecule has 0 fully saturated rings. The molecule has 0 aliphatic rings. The Morgan fingerprint density at radius 1 is 0.907 bits per heavy atom. The third kappa shape index (κ3) is 5.88. The number of aromatic nitrogens is 1. The number of carbonyl (C=O) groups is 2. The zero-order valence-corrected chi connectivity index (χ0v) is 23.5. The fourth-order valence-corrected chi connectivity index (χ4v) is 4.70. The molecule has 0 unspecified atom stereocenters. The van der Waals surface area contributed by atoms with Crippen LogP contribution in [0.4, 0.5) is 5.69 Å². The summed E-state index contributed by atoms with van der Waals surface area (Å²) < 4.78 is 16.6. The molecule has 0 aliphatic heterocycles. The van der Waals surface area contributed by atoms with Crippen molar-refractivity contribution in [3.63, 3.8) is 0 Å². The SMILES string of the molecule is COc1ccc(OC)c2c(-c3ccccc3Cl)c(C(=O)NN=Cc3ccccc3OC(=O)c3ccc([N+](=O)[O-])cc3)[nH]c12. The standard InChI is InChI=1S/C31H23ClN4O7/c1-41-24-15-16-25(42-2)28-27(24)26(21-8-4-5-9-22(21)32)29(34-28)30(37)35-33-17-19-7-3-6-10-23(19)43-31(38)18-11-13-20(14-12-18)36(39)40/h3-17,34H,1-2H3,(H,35,37). The van der Waals surface area contributed by atoms with Crippen LogP contribution < -0.4 is 19.6 Å². The van der Waals surface area contributed by atoms with Crippen molar-refractivity contribution in [3.05, 3.63) is 117 Å². The van der Waals surface area contributed by atoms with Gasteiger partial charge in [-0.2, -0.15) is 5.10 Å². The summed E-state index contributed by atoms with van der Waals surface area (Å²) in [5, 5.41) is 16.0. The lowest BCUT2D eigenvalue weighted by atomic mass is 10.0. The Balaban J connectivity index is 1.44. The van der Waals surface area contributed by atoms with Crippen LogP contribution in [0, 0.1) is 10.1 Å². The van der Waals surface area contributed by atoms with Crippen LogP contribution in [0.2, 0.25) is 5.02 Å². The summed E-state index contributed by atoms with van der Waals surface area (Å²) in [6, 6.07) is 22.2. The molecule has 1 heterocycles. The summed E-state index contributed by atoms with van der Waals surface area (Å²) in [6.45, 7) is 0. The number of H-pyrrole nitrogens is 1. The topological polar surface area (TPSA) is 145 Å². The number of carbonyl (C=O) groups excluding carboxylic acids is 2. The number of hydrogen-bond acceptors (Lipinski definition) is 8. The smallest absolute Gasteiger partial charge is 0.343 e. The van der Waals surface area contributed by atoms with Gasteiger partial charge in [-0.05, 0) is 42.5 Å². The van der Waals surface area contributed by atoms with Gasteiger partial charge in [-0.1, -0.05) is 41.9 Å². The van der Waals surface area contributed by atoms with E-state index in [-0.39, 0.29) is 22.7 Å². The second kappa shape index (κ2) is 12.5. The predicted molar refractivity (Wildman–Crippen MR) is 161 cm³/mol. The van der Waals surface area contributed by atoms with Crippen LogP contribution in [0.5, 0.6) is 17.2 Å². The number of amides is 1. The highest BCUT2D eigenvalue weighted by molar-refractivity contribution is 6.34. The number of ether oxygens (including phenoxy) is 3. The van der Waals surface area contributed by atoms with Crippen LogP contribution in [0.25, 0.3) is 22.0 Å². The van der Waals surface area contributed by atoms with Gasteiger partial charge in [-0.15, -0.1) is 0 Å². The molecule has 216 valence electrons. The Morgan fingerprint density at radius 2 is 1.58 bits per heavy atom. The molecule has 43 heavy (non-hydrogen) atoms. The maximum atomic E-state index is 13.5. The fourth-order valence-electron chi connectivity index (χ4n) is 4.47. The fraction of sp³-hybridized carbons (Fsp3) is 0.0645. The summed E-state index contributed by atoms with van der Waals surface area (Å²) in [4.78, 5) is 39.6. The Bertz CT molecular complexity index is 1880. The monoisotopic (exact) mass is 598 g/mol. The van der Waals surface area contributed by atoms with Crippen LogP contribution in [0.15, 0.2) is 90.0 Å². The number of non-ortho nitro benzene ring substituents is 1. The Morgan fingerprint density at radius 3 is 2.28 bits per heavy atom. The van der Waals surface area contributed by atoms with E-state index in [2.05, 4.69) is 15.5 Å². The second-order valence-corrected chi connectivity index (χ2v) is 9.41. The summed E-state index contributed by atoms with van der Waals surface area (Å²) in [6.07, 6.45) is 1.33. The Labute approximate surface area is 249 Å². The number of hydrazone groups is 1. The maximum Gasteiger partial charge on any atom is 0.343 e. The number of esters is 1. The average Bonchev–Trinajstić information content (AvgIpc) is 3.42. The minimum Gasteiger partial charge on any atom is -0.496 e. The number of para-hydroxylation sites is 1. The van der Waals surface area contributed by atoms with Gasteiger partial charge in [0.05, 0.1) is 41.8 Å². The third-order valence-corrected chi connectivity index (χ3v) is 6.82. The quantitative estimate of drug-likeness (QED) is 0.0656. The van der Waals surface area contributed by atoms with Gasteiger partial charge >= 0.3 is 5.97 Å². The van der Waals surface area contributed by atoms with Crippen molar-refractivity contribution in [2.45, 2.75) is 0 Å². The maximum absolute atomic E-state index is 13.5. The molecular weight excluding hydrogens is 576 g/mol. The highest BCUT2D eigenvalue weighted by Crippen LogP contribution is 2.44. The summed E-state index contributed by atoms with van der Waals surface area (Å²) in [7, 11) is 3.05. The first kappa shape index (κ1) is 28.8. The number of fused-ring (bicyclic) bond motifs is 1. The van der Waals surface area contributed by atoms with Crippen molar-refractivity contribution in [2.75, 3.05) is 14.2 Å². The zero-order chi connectivity index (χ0) is 30.5. The average molecular weight is 599 g/mol. The molecule has 0 radical (unpaired) electrons. The first-order chi connectivity index (χ1) is 20.8. The molecule has 5 aromatic rings. The minimum absolute atomic E-state index is 0.127. The van der Waals surface area contributed by atoms with Crippen molar-refractivity contribution < 1.29 is 28.7 Å². The summed E-state index contributed by atoms with van der Waals surface area (Å²) in [5.74, 6) is -0.124. The molecule has 2 N–H and O–H groups in total. The number of halogens is 1. The normalized spacial score (nSPS) is 11.0. The first-order valence-corrected chi connectivity index (χ1v) is 13.1. The number of nitro benzene ring substituents is 1. The molecule has 0 saturated heterocycles. The van der Waals surface area contributed by atoms with Gasteiger partial charge in [0.15, 0.2) is 0 Å². The highest BCUT2D eigenvalue weighted by atomic mass is 35.5. The third-order valence-electron chi connectivity index (χ3n) is 6.49. The van der Waals surface area contributed by atoms with Crippen LogP contribution >= 0.6 is 11.6 Å². The van der Waals surface area contributed by atoms with Gasteiger partial charge < -0.3 is 19.2 Å². The Kier molecular flexibility index (Phi) is 8.35. The number of nitrogens with one attached hydrogen (secondary N) is 2. The number of benzene rings is 4. The van der Waals surface area contributed by atoms with Gasteiger partial charge in [-0.3, -0.25) is 14.9 Å². The van der Waals surface area contributed by atoms with Crippen LogP contribution in [-0.2, 0) is 0 Å². The molecule has 5 rings (SSSR count). The van der Waals surface area contributed by atoms with E-state index in [1.807, 2.05) is 0 Å². The molecule has 0 aliphatic carbocycles. The van der Waals surface area contributed by atoms with E-state index in [0.29, 0.717) is 44.1 Å². The lowest BCUT2D eigenvalue weighted by Crippen LogP contribution is -2.19.